The molecule has 1 amide bonds. The zero-order chi connectivity index (χ0) is 17.1. The van der Waals surface area contributed by atoms with Gasteiger partial charge in [0.2, 0.25) is 11.5 Å². The number of carbonyl (C=O) groups is 2. The minimum absolute atomic E-state index is 0.0640. The first-order valence-corrected chi connectivity index (χ1v) is 7.84. The van der Waals surface area contributed by atoms with Crippen LogP contribution in [0.5, 0.6) is 0 Å². The average Bonchev–Trinajstić information content (AvgIpc) is 2.59. The lowest BCUT2D eigenvalue weighted by atomic mass is 10.0. The minimum Gasteiger partial charge on any atom is -0.478 e. The van der Waals surface area contributed by atoms with Crippen LogP contribution < -0.4 is 5.56 Å². The van der Waals surface area contributed by atoms with Crippen LogP contribution in [0.2, 0.25) is 0 Å². The monoisotopic (exact) mass is 326 g/mol. The van der Waals surface area contributed by atoms with E-state index in [2.05, 4.69) is 4.98 Å². The number of H-pyrrole nitrogens is 1. The van der Waals surface area contributed by atoms with Gasteiger partial charge in [0.05, 0.1) is 5.56 Å². The molecule has 0 aliphatic carbocycles. The van der Waals surface area contributed by atoms with Gasteiger partial charge in [-0.05, 0) is 29.7 Å². The molecule has 1 aromatic heterocycles. The van der Waals surface area contributed by atoms with Crippen molar-refractivity contribution in [3.05, 3.63) is 69.1 Å². The molecule has 3 rings (SSSR count). The van der Waals surface area contributed by atoms with Crippen LogP contribution in [0.1, 0.15) is 33.6 Å². The van der Waals surface area contributed by atoms with Gasteiger partial charge < -0.3 is 15.0 Å². The third-order valence-electron chi connectivity index (χ3n) is 4.27. The van der Waals surface area contributed by atoms with Gasteiger partial charge in [-0.1, -0.05) is 18.2 Å². The van der Waals surface area contributed by atoms with Crippen molar-refractivity contribution in [1.82, 2.24) is 9.88 Å². The zero-order valence-electron chi connectivity index (χ0n) is 13.1. The minimum atomic E-state index is -0.956. The number of aromatic nitrogens is 1. The van der Waals surface area contributed by atoms with E-state index < -0.39 is 5.97 Å². The molecule has 1 aliphatic rings. The number of carbonyl (C=O) groups excluding carboxylic acids is 1. The van der Waals surface area contributed by atoms with Crippen LogP contribution in [0.25, 0.3) is 0 Å². The number of nitrogens with zero attached hydrogens (tertiary/aromatic N) is 1. The van der Waals surface area contributed by atoms with Crippen LogP contribution in [0.3, 0.4) is 0 Å². The molecular weight excluding hydrogens is 308 g/mol. The highest BCUT2D eigenvalue weighted by atomic mass is 16.4. The Morgan fingerprint density at radius 1 is 1.12 bits per heavy atom. The molecule has 1 aliphatic heterocycles. The number of amides is 1. The largest absolute Gasteiger partial charge is 0.478 e. The van der Waals surface area contributed by atoms with Gasteiger partial charge in [0.1, 0.15) is 0 Å². The van der Waals surface area contributed by atoms with Crippen molar-refractivity contribution in [2.24, 2.45) is 0 Å². The molecule has 2 aromatic rings. The van der Waals surface area contributed by atoms with Gasteiger partial charge in [-0.2, -0.15) is 0 Å². The van der Waals surface area contributed by atoms with Crippen LogP contribution in [-0.2, 0) is 24.2 Å². The second kappa shape index (κ2) is 6.70. The summed E-state index contributed by atoms with van der Waals surface area (Å²) in [5.74, 6) is -0.892. The van der Waals surface area contributed by atoms with E-state index in [1.807, 2.05) is 0 Å². The molecule has 0 unspecified atom stereocenters. The van der Waals surface area contributed by atoms with Crippen molar-refractivity contribution in [1.29, 1.82) is 0 Å². The van der Waals surface area contributed by atoms with Gasteiger partial charge in [-0.15, -0.1) is 0 Å². The van der Waals surface area contributed by atoms with E-state index in [9.17, 15) is 14.4 Å². The number of aryl methyl sites for hydroxylation is 1. The third kappa shape index (κ3) is 3.53. The lowest BCUT2D eigenvalue weighted by Gasteiger charge is -2.28. The second-order valence-corrected chi connectivity index (χ2v) is 5.89. The molecule has 6 nitrogen and oxygen atoms in total. The highest BCUT2D eigenvalue weighted by Crippen LogP contribution is 2.17. The van der Waals surface area contributed by atoms with Crippen LogP contribution in [0, 0.1) is 0 Å². The summed E-state index contributed by atoms with van der Waals surface area (Å²) < 4.78 is 0. The van der Waals surface area contributed by atoms with Gasteiger partial charge in [0.15, 0.2) is 0 Å². The summed E-state index contributed by atoms with van der Waals surface area (Å²) in [5, 5.41) is 8.88. The number of aromatic carboxylic acids is 1. The Hall–Kier alpha value is -2.89. The van der Waals surface area contributed by atoms with Gasteiger partial charge in [0, 0.05) is 37.7 Å². The number of nitrogens with one attached hydrogen (secondary N) is 1. The summed E-state index contributed by atoms with van der Waals surface area (Å²) in [4.78, 5) is 39.1. The van der Waals surface area contributed by atoms with Crippen molar-refractivity contribution < 1.29 is 14.7 Å². The average molecular weight is 326 g/mol. The Labute approximate surface area is 138 Å². The number of rotatable bonds is 4. The fourth-order valence-electron chi connectivity index (χ4n) is 2.89. The standard InChI is InChI=1S/C18H18N2O4/c21-16-7-6-14-11-20(10-9-15(14)19-16)17(22)8-3-12-1-4-13(5-2-12)18(23)24/h1-2,4-7H,3,8-11H2,(H,19,21)(H,23,24). The van der Waals surface area contributed by atoms with Crippen molar-refractivity contribution in [2.45, 2.75) is 25.8 Å². The number of hydrogen-bond acceptors (Lipinski definition) is 3. The summed E-state index contributed by atoms with van der Waals surface area (Å²) in [6.45, 7) is 1.12. The molecule has 0 radical (unpaired) electrons. The van der Waals surface area contributed by atoms with Crippen molar-refractivity contribution in [3.8, 4) is 0 Å². The summed E-state index contributed by atoms with van der Waals surface area (Å²) >= 11 is 0. The predicted octanol–water partition coefficient (Wildman–Crippen LogP) is 1.59. The molecule has 2 N–H and O–H groups in total. The summed E-state index contributed by atoms with van der Waals surface area (Å²) in [6, 6.07) is 9.85. The quantitative estimate of drug-likeness (QED) is 0.893. The highest BCUT2D eigenvalue weighted by molar-refractivity contribution is 5.87. The molecule has 0 saturated heterocycles. The molecular formula is C18H18N2O4. The molecule has 0 atom stereocenters. The van der Waals surface area contributed by atoms with E-state index in [-0.39, 0.29) is 17.0 Å². The summed E-state index contributed by atoms with van der Waals surface area (Å²) in [5.41, 5.74) is 2.97. The van der Waals surface area contributed by atoms with E-state index in [1.165, 1.54) is 6.07 Å². The number of pyridine rings is 1. The van der Waals surface area contributed by atoms with Gasteiger partial charge >= 0.3 is 5.97 Å². The molecule has 0 spiro atoms. The van der Waals surface area contributed by atoms with Crippen molar-refractivity contribution in [3.63, 3.8) is 0 Å². The molecule has 0 saturated carbocycles. The van der Waals surface area contributed by atoms with E-state index in [1.54, 1.807) is 35.2 Å². The maximum atomic E-state index is 12.4. The fourth-order valence-corrected chi connectivity index (χ4v) is 2.89. The number of aromatic amines is 1. The molecule has 124 valence electrons. The Kier molecular flexibility index (Phi) is 4.46. The lowest BCUT2D eigenvalue weighted by molar-refractivity contribution is -0.132. The van der Waals surface area contributed by atoms with Crippen LogP contribution >= 0.6 is 0 Å². The summed E-state index contributed by atoms with van der Waals surface area (Å²) in [6.07, 6.45) is 1.61. The van der Waals surface area contributed by atoms with E-state index in [4.69, 9.17) is 5.11 Å². The Morgan fingerprint density at radius 3 is 2.58 bits per heavy atom. The van der Waals surface area contributed by atoms with Crippen LogP contribution in [0.4, 0.5) is 0 Å². The molecule has 0 fully saturated rings. The number of benzene rings is 1. The first-order chi connectivity index (χ1) is 11.5. The predicted molar refractivity (Wildman–Crippen MR) is 87.9 cm³/mol. The Morgan fingerprint density at radius 2 is 1.88 bits per heavy atom. The van der Waals surface area contributed by atoms with Crippen molar-refractivity contribution in [2.75, 3.05) is 6.54 Å². The number of hydrogen-bond donors (Lipinski definition) is 2. The number of fused-ring (bicyclic) bond motifs is 1. The lowest BCUT2D eigenvalue weighted by Crippen LogP contribution is -2.37. The topological polar surface area (TPSA) is 90.5 Å². The number of carboxylic acid groups (broad SMARTS) is 1. The Bertz CT molecular complexity index is 824. The maximum absolute atomic E-state index is 12.4. The van der Waals surface area contributed by atoms with E-state index in [0.29, 0.717) is 32.4 Å². The molecule has 0 bridgehead atoms. The summed E-state index contributed by atoms with van der Waals surface area (Å²) in [7, 11) is 0. The first-order valence-electron chi connectivity index (χ1n) is 7.84. The zero-order valence-corrected chi connectivity index (χ0v) is 13.1. The van der Waals surface area contributed by atoms with Crippen LogP contribution in [0.15, 0.2) is 41.2 Å². The Balaban J connectivity index is 1.58. The smallest absolute Gasteiger partial charge is 0.335 e. The number of carboxylic acids is 1. The third-order valence-corrected chi connectivity index (χ3v) is 4.27. The SMILES string of the molecule is O=C(O)c1ccc(CCC(=O)N2CCc3[nH]c(=O)ccc3C2)cc1. The van der Waals surface area contributed by atoms with E-state index in [0.717, 1.165) is 16.8 Å². The van der Waals surface area contributed by atoms with E-state index >= 15 is 0 Å². The molecule has 24 heavy (non-hydrogen) atoms. The fraction of sp³-hybridized carbons (Fsp3) is 0.278. The highest BCUT2D eigenvalue weighted by Gasteiger charge is 2.20. The maximum Gasteiger partial charge on any atom is 0.335 e. The van der Waals surface area contributed by atoms with Gasteiger partial charge in [0.25, 0.3) is 0 Å². The van der Waals surface area contributed by atoms with Gasteiger partial charge in [-0.3, -0.25) is 9.59 Å². The van der Waals surface area contributed by atoms with Crippen LogP contribution in [-0.4, -0.2) is 33.4 Å². The van der Waals surface area contributed by atoms with Crippen molar-refractivity contribution >= 4 is 11.9 Å². The molecule has 1 aromatic carbocycles. The first kappa shape index (κ1) is 16.0. The molecule has 6 heteroatoms. The van der Waals surface area contributed by atoms with Gasteiger partial charge in [-0.25, -0.2) is 4.79 Å². The second-order valence-electron chi connectivity index (χ2n) is 5.89. The molecule has 2 heterocycles. The normalized spacial score (nSPS) is 13.4.